The van der Waals surface area contributed by atoms with Crippen molar-refractivity contribution in [1.82, 2.24) is 14.6 Å². The van der Waals surface area contributed by atoms with Gasteiger partial charge in [0.05, 0.1) is 35.5 Å². The highest BCUT2D eigenvalue weighted by Gasteiger charge is 2.38. The van der Waals surface area contributed by atoms with Crippen LogP contribution in [0.5, 0.6) is 0 Å². The number of benzene rings is 2. The van der Waals surface area contributed by atoms with E-state index in [1.165, 1.54) is 9.87 Å². The van der Waals surface area contributed by atoms with Crippen LogP contribution in [-0.4, -0.2) is 67.8 Å². The first-order valence-corrected chi connectivity index (χ1v) is 16.0. The number of carbonyl (C=O) groups is 1. The highest BCUT2D eigenvalue weighted by molar-refractivity contribution is 7.89. The number of carboxylic acid groups (broad SMARTS) is 1. The summed E-state index contributed by atoms with van der Waals surface area (Å²) in [5.41, 5.74) is 2.93. The largest absolute Gasteiger partial charge is 0.477 e. The Balaban J connectivity index is 1.48. The van der Waals surface area contributed by atoms with Gasteiger partial charge in [-0.3, -0.25) is 5.32 Å². The first-order chi connectivity index (χ1) is 20.2. The van der Waals surface area contributed by atoms with Crippen LogP contribution in [0.15, 0.2) is 47.4 Å². The van der Waals surface area contributed by atoms with Crippen LogP contribution in [0.4, 0.5) is 18.3 Å². The standard InChI is InChI=1S/C29H35F3N4O5S2/c1-18(2)21-5-6-22(19(3)13-21)14-33-17-41-16-24-15-35(28-34-20(4)26(42-28)27(37)38)11-12-36(24)43(39,40)25-9-7-23(8-10-25)29(30,31)32/h5-10,13,18,24,33H,11-12,14-17H2,1-4H3,(H,37,38)/t24-/m1/s1. The molecule has 0 amide bonds. The summed E-state index contributed by atoms with van der Waals surface area (Å²) < 4.78 is 73.5. The number of piperazine rings is 1. The molecule has 1 fully saturated rings. The van der Waals surface area contributed by atoms with Crippen molar-refractivity contribution in [1.29, 1.82) is 0 Å². The van der Waals surface area contributed by atoms with E-state index in [0.717, 1.165) is 46.7 Å². The van der Waals surface area contributed by atoms with Gasteiger partial charge in [-0.15, -0.1) is 0 Å². The van der Waals surface area contributed by atoms with Crippen molar-refractivity contribution in [2.24, 2.45) is 0 Å². The molecule has 43 heavy (non-hydrogen) atoms. The van der Waals surface area contributed by atoms with Gasteiger partial charge in [-0.25, -0.2) is 18.2 Å². The molecule has 4 rings (SSSR count). The number of carboxylic acids is 1. The normalized spacial score (nSPS) is 16.7. The summed E-state index contributed by atoms with van der Waals surface area (Å²) in [6.07, 6.45) is -4.59. The maximum Gasteiger partial charge on any atom is 0.416 e. The molecule has 0 saturated carbocycles. The molecule has 0 unspecified atom stereocenters. The quantitative estimate of drug-likeness (QED) is 0.216. The Hall–Kier alpha value is -3.04. The fourth-order valence-electron chi connectivity index (χ4n) is 4.86. The van der Waals surface area contributed by atoms with E-state index >= 15 is 0 Å². The van der Waals surface area contributed by atoms with Crippen LogP contribution in [0.3, 0.4) is 0 Å². The molecule has 0 spiro atoms. The molecule has 1 aliphatic rings. The van der Waals surface area contributed by atoms with E-state index in [4.69, 9.17) is 4.74 Å². The molecule has 1 saturated heterocycles. The third-order valence-corrected chi connectivity index (χ3v) is 10.5. The van der Waals surface area contributed by atoms with Gasteiger partial charge in [-0.1, -0.05) is 43.4 Å². The number of aromatic nitrogens is 1. The molecule has 3 aromatic rings. The van der Waals surface area contributed by atoms with Crippen LogP contribution in [0.1, 0.15) is 57.4 Å². The number of thiazole rings is 1. The van der Waals surface area contributed by atoms with Gasteiger partial charge in [0.1, 0.15) is 4.88 Å². The molecule has 234 valence electrons. The molecule has 1 aromatic heterocycles. The molecule has 14 heteroatoms. The van der Waals surface area contributed by atoms with Gasteiger partial charge in [-0.2, -0.15) is 17.5 Å². The van der Waals surface area contributed by atoms with Gasteiger partial charge in [0.25, 0.3) is 0 Å². The Morgan fingerprint density at radius 3 is 2.44 bits per heavy atom. The van der Waals surface area contributed by atoms with Gasteiger partial charge in [0.2, 0.25) is 10.0 Å². The summed E-state index contributed by atoms with van der Waals surface area (Å²) in [5.74, 6) is -0.672. The van der Waals surface area contributed by atoms with Crippen molar-refractivity contribution < 1.29 is 36.2 Å². The lowest BCUT2D eigenvalue weighted by molar-refractivity contribution is -0.137. The van der Waals surface area contributed by atoms with Crippen molar-refractivity contribution >= 4 is 32.5 Å². The number of alkyl halides is 3. The monoisotopic (exact) mass is 640 g/mol. The highest BCUT2D eigenvalue weighted by Crippen LogP contribution is 2.32. The number of hydrogen-bond donors (Lipinski definition) is 2. The summed E-state index contributed by atoms with van der Waals surface area (Å²) in [4.78, 5) is 17.6. The predicted octanol–water partition coefficient (Wildman–Crippen LogP) is 5.24. The van der Waals surface area contributed by atoms with E-state index in [1.54, 1.807) is 6.92 Å². The lowest BCUT2D eigenvalue weighted by atomic mass is 9.98. The number of aromatic carboxylic acids is 1. The van der Waals surface area contributed by atoms with Gasteiger partial charge < -0.3 is 14.7 Å². The Bertz CT molecular complexity index is 1540. The topological polar surface area (TPSA) is 112 Å². The number of anilines is 1. The average molecular weight is 641 g/mol. The van der Waals surface area contributed by atoms with Gasteiger partial charge in [0, 0.05) is 26.2 Å². The number of halogens is 3. The molecule has 0 aliphatic carbocycles. The van der Waals surface area contributed by atoms with E-state index in [9.17, 15) is 31.5 Å². The number of nitrogens with zero attached hydrogens (tertiary/aromatic N) is 3. The van der Waals surface area contributed by atoms with Crippen LogP contribution in [-0.2, 0) is 27.5 Å². The predicted molar refractivity (Wildman–Crippen MR) is 158 cm³/mol. The Labute approximate surface area is 253 Å². The number of nitrogens with one attached hydrogen (secondary N) is 1. The van der Waals surface area contributed by atoms with E-state index in [0.29, 0.717) is 23.3 Å². The van der Waals surface area contributed by atoms with Crippen LogP contribution in [0.25, 0.3) is 0 Å². The van der Waals surface area contributed by atoms with E-state index in [-0.39, 0.29) is 42.7 Å². The molecule has 1 aliphatic heterocycles. The second-order valence-corrected chi connectivity index (χ2v) is 13.6. The Morgan fingerprint density at radius 2 is 1.86 bits per heavy atom. The first kappa shape index (κ1) is 32.9. The van der Waals surface area contributed by atoms with Crippen LogP contribution in [0, 0.1) is 13.8 Å². The maximum absolute atomic E-state index is 13.6. The number of ether oxygens (including phenoxy) is 1. The van der Waals surface area contributed by atoms with Crippen molar-refractivity contribution in [3.05, 3.63) is 75.3 Å². The zero-order valence-electron chi connectivity index (χ0n) is 24.3. The Kier molecular flexibility index (Phi) is 10.2. The summed E-state index contributed by atoms with van der Waals surface area (Å²) in [5, 5.41) is 13.1. The van der Waals surface area contributed by atoms with E-state index in [1.807, 2.05) is 11.8 Å². The second-order valence-electron chi connectivity index (χ2n) is 10.7. The minimum Gasteiger partial charge on any atom is -0.477 e. The average Bonchev–Trinajstić information content (AvgIpc) is 3.35. The minimum absolute atomic E-state index is 0.00718. The van der Waals surface area contributed by atoms with Gasteiger partial charge >= 0.3 is 12.1 Å². The molecule has 9 nitrogen and oxygen atoms in total. The number of rotatable bonds is 11. The van der Waals surface area contributed by atoms with Crippen LogP contribution in [0.2, 0.25) is 0 Å². The van der Waals surface area contributed by atoms with Crippen molar-refractivity contribution in [2.45, 2.75) is 57.3 Å². The molecule has 2 aromatic carbocycles. The van der Waals surface area contributed by atoms with Crippen LogP contribution >= 0.6 is 11.3 Å². The molecule has 0 bridgehead atoms. The third kappa shape index (κ3) is 7.73. The molecule has 2 heterocycles. The first-order valence-electron chi connectivity index (χ1n) is 13.7. The summed E-state index contributed by atoms with van der Waals surface area (Å²) in [6.45, 7) is 8.95. The van der Waals surface area contributed by atoms with Crippen molar-refractivity contribution in [3.63, 3.8) is 0 Å². The SMILES string of the molecule is Cc1cc(C(C)C)ccc1CNCOC[C@H]1CN(c2nc(C)c(C(=O)O)s2)CCN1S(=O)(=O)c1ccc(C(F)(F)F)cc1. The molecular weight excluding hydrogens is 605 g/mol. The zero-order chi connectivity index (χ0) is 31.5. The molecule has 2 N–H and O–H groups in total. The van der Waals surface area contributed by atoms with Gasteiger partial charge in [0.15, 0.2) is 5.13 Å². The molecular formula is C29H35F3N4O5S2. The van der Waals surface area contributed by atoms with E-state index in [2.05, 4.69) is 42.3 Å². The number of sulfonamides is 1. The van der Waals surface area contributed by atoms with Crippen molar-refractivity contribution in [2.75, 3.05) is 37.9 Å². The fraction of sp³-hybridized carbons (Fsp3) is 0.448. The fourth-order valence-corrected chi connectivity index (χ4v) is 7.39. The molecule has 1 atom stereocenters. The Morgan fingerprint density at radius 1 is 1.16 bits per heavy atom. The van der Waals surface area contributed by atoms with Gasteiger partial charge in [-0.05, 0) is 60.7 Å². The maximum atomic E-state index is 13.6. The van der Waals surface area contributed by atoms with E-state index < -0.39 is 33.8 Å². The smallest absolute Gasteiger partial charge is 0.416 e. The number of hydrogen-bond acceptors (Lipinski definition) is 8. The molecule has 0 radical (unpaired) electrons. The highest BCUT2D eigenvalue weighted by atomic mass is 32.2. The zero-order valence-corrected chi connectivity index (χ0v) is 25.9. The van der Waals surface area contributed by atoms with Crippen LogP contribution < -0.4 is 10.2 Å². The summed E-state index contributed by atoms with van der Waals surface area (Å²) in [6, 6.07) is 9.01. The van der Waals surface area contributed by atoms with Crippen molar-refractivity contribution in [3.8, 4) is 0 Å². The third-order valence-electron chi connectivity index (χ3n) is 7.33. The minimum atomic E-state index is -4.59. The number of aryl methyl sites for hydroxylation is 2. The lowest BCUT2D eigenvalue weighted by Gasteiger charge is -2.40. The summed E-state index contributed by atoms with van der Waals surface area (Å²) in [7, 11) is -4.17. The second kappa shape index (κ2) is 13.3. The lowest BCUT2D eigenvalue weighted by Crippen LogP contribution is -2.57. The summed E-state index contributed by atoms with van der Waals surface area (Å²) >= 11 is 1.01.